The smallest absolute Gasteiger partial charge is 0.269 e. The number of thioether (sulfide) groups is 1. The molecule has 0 saturated heterocycles. The standard InChI is InChI=1S/C11H14N2O5S/c14-5-8(6-15)12-11(16)7-19-10-3-1-9(2-4-10)13(17)18/h1-4,8,14-15H,5-7H2,(H,12,16). The van der Waals surface area contributed by atoms with E-state index in [-0.39, 0.29) is 30.6 Å². The summed E-state index contributed by atoms with van der Waals surface area (Å²) in [6, 6.07) is 5.19. The molecule has 1 rings (SSSR count). The number of benzene rings is 1. The molecule has 1 amide bonds. The van der Waals surface area contributed by atoms with Crippen LogP contribution >= 0.6 is 11.8 Å². The van der Waals surface area contributed by atoms with Crippen molar-refractivity contribution < 1.29 is 19.9 Å². The van der Waals surface area contributed by atoms with Crippen LogP contribution in [0.25, 0.3) is 0 Å². The molecule has 19 heavy (non-hydrogen) atoms. The number of amides is 1. The lowest BCUT2D eigenvalue weighted by Crippen LogP contribution is -2.40. The molecular formula is C11H14N2O5S. The zero-order valence-electron chi connectivity index (χ0n) is 9.98. The number of aliphatic hydroxyl groups excluding tert-OH is 2. The topological polar surface area (TPSA) is 113 Å². The first kappa shape index (κ1) is 15.4. The summed E-state index contributed by atoms with van der Waals surface area (Å²) < 4.78 is 0. The van der Waals surface area contributed by atoms with Crippen LogP contribution in [0, 0.1) is 10.1 Å². The first-order valence-electron chi connectivity index (χ1n) is 5.45. The Morgan fingerprint density at radius 2 is 1.89 bits per heavy atom. The third-order valence-corrected chi connectivity index (χ3v) is 3.24. The van der Waals surface area contributed by atoms with Crippen molar-refractivity contribution in [3.05, 3.63) is 34.4 Å². The first-order chi connectivity index (χ1) is 9.06. The Kier molecular flexibility index (Phi) is 6.26. The number of nitrogens with one attached hydrogen (secondary N) is 1. The van der Waals surface area contributed by atoms with Crippen molar-refractivity contribution in [2.24, 2.45) is 0 Å². The van der Waals surface area contributed by atoms with Crippen molar-refractivity contribution in [3.8, 4) is 0 Å². The van der Waals surface area contributed by atoms with Crippen LogP contribution in [0.4, 0.5) is 5.69 Å². The van der Waals surface area contributed by atoms with Crippen LogP contribution in [0.3, 0.4) is 0 Å². The second-order valence-corrected chi connectivity index (χ2v) is 4.72. The summed E-state index contributed by atoms with van der Waals surface area (Å²) >= 11 is 1.21. The van der Waals surface area contributed by atoms with Crippen LogP contribution in [-0.4, -0.2) is 46.1 Å². The zero-order valence-corrected chi connectivity index (χ0v) is 10.8. The molecule has 0 aliphatic carbocycles. The summed E-state index contributed by atoms with van der Waals surface area (Å²) in [5, 5.41) is 30.5. The molecule has 0 saturated carbocycles. The number of carbonyl (C=O) groups excluding carboxylic acids is 1. The van der Waals surface area contributed by atoms with Gasteiger partial charge in [0.05, 0.1) is 29.9 Å². The molecule has 0 heterocycles. The van der Waals surface area contributed by atoms with E-state index in [2.05, 4.69) is 5.32 Å². The molecule has 0 aliphatic heterocycles. The predicted molar refractivity (Wildman–Crippen MR) is 69.9 cm³/mol. The number of aliphatic hydroxyl groups is 2. The minimum atomic E-state index is -0.662. The van der Waals surface area contributed by atoms with E-state index in [1.807, 2.05) is 0 Å². The molecule has 104 valence electrons. The minimum absolute atomic E-state index is 0.00516. The van der Waals surface area contributed by atoms with Gasteiger partial charge in [0.15, 0.2) is 0 Å². The number of rotatable bonds is 7. The van der Waals surface area contributed by atoms with Gasteiger partial charge in [-0.25, -0.2) is 0 Å². The predicted octanol–water partition coefficient (Wildman–Crippen LogP) is 0.156. The molecule has 8 heteroatoms. The van der Waals surface area contributed by atoms with E-state index < -0.39 is 11.0 Å². The van der Waals surface area contributed by atoms with Gasteiger partial charge in [0, 0.05) is 17.0 Å². The summed E-state index contributed by atoms with van der Waals surface area (Å²) in [6.07, 6.45) is 0. The Bertz CT molecular complexity index is 433. The fraction of sp³-hybridized carbons (Fsp3) is 0.364. The van der Waals surface area contributed by atoms with Gasteiger partial charge in [-0.15, -0.1) is 11.8 Å². The number of nitro groups is 1. The van der Waals surface area contributed by atoms with E-state index in [1.165, 1.54) is 23.9 Å². The number of carbonyl (C=O) groups is 1. The SMILES string of the molecule is O=C(CSc1ccc([N+](=O)[O-])cc1)NC(CO)CO. The van der Waals surface area contributed by atoms with Crippen molar-refractivity contribution in [1.82, 2.24) is 5.32 Å². The second kappa shape index (κ2) is 7.72. The van der Waals surface area contributed by atoms with Crippen molar-refractivity contribution in [2.75, 3.05) is 19.0 Å². The minimum Gasteiger partial charge on any atom is -0.394 e. The van der Waals surface area contributed by atoms with Gasteiger partial charge in [-0.2, -0.15) is 0 Å². The van der Waals surface area contributed by atoms with Crippen molar-refractivity contribution in [2.45, 2.75) is 10.9 Å². The van der Waals surface area contributed by atoms with Crippen LogP contribution in [0.1, 0.15) is 0 Å². The number of nitrogens with zero attached hydrogens (tertiary/aromatic N) is 1. The molecule has 1 aromatic rings. The van der Waals surface area contributed by atoms with E-state index in [4.69, 9.17) is 10.2 Å². The van der Waals surface area contributed by atoms with Crippen molar-refractivity contribution >= 4 is 23.4 Å². The molecule has 1 aromatic carbocycles. The Morgan fingerprint density at radius 3 is 2.37 bits per heavy atom. The highest BCUT2D eigenvalue weighted by Crippen LogP contribution is 2.20. The molecule has 0 bridgehead atoms. The molecule has 0 atom stereocenters. The molecule has 0 aliphatic rings. The quantitative estimate of drug-likeness (QED) is 0.374. The molecule has 0 spiro atoms. The lowest BCUT2D eigenvalue weighted by Gasteiger charge is -2.12. The van der Waals surface area contributed by atoms with Gasteiger partial charge in [0.1, 0.15) is 0 Å². The van der Waals surface area contributed by atoms with Crippen molar-refractivity contribution in [3.63, 3.8) is 0 Å². The van der Waals surface area contributed by atoms with Crippen LogP contribution < -0.4 is 5.32 Å². The van der Waals surface area contributed by atoms with Crippen LogP contribution in [0.15, 0.2) is 29.2 Å². The van der Waals surface area contributed by atoms with Gasteiger partial charge in [0.2, 0.25) is 5.91 Å². The highest BCUT2D eigenvalue weighted by Gasteiger charge is 2.10. The fourth-order valence-electron chi connectivity index (χ4n) is 1.23. The maximum atomic E-state index is 11.5. The Labute approximate surface area is 113 Å². The molecular weight excluding hydrogens is 272 g/mol. The molecule has 0 aromatic heterocycles. The third-order valence-electron chi connectivity index (χ3n) is 2.22. The summed E-state index contributed by atoms with van der Waals surface area (Å²) in [7, 11) is 0. The maximum Gasteiger partial charge on any atom is 0.269 e. The van der Waals surface area contributed by atoms with Crippen LogP contribution in [0.2, 0.25) is 0 Å². The molecule has 0 radical (unpaired) electrons. The Morgan fingerprint density at radius 1 is 1.32 bits per heavy atom. The van der Waals surface area contributed by atoms with Gasteiger partial charge < -0.3 is 15.5 Å². The average Bonchev–Trinajstić information content (AvgIpc) is 2.43. The molecule has 0 unspecified atom stereocenters. The van der Waals surface area contributed by atoms with Crippen molar-refractivity contribution in [1.29, 1.82) is 0 Å². The van der Waals surface area contributed by atoms with E-state index in [1.54, 1.807) is 12.1 Å². The zero-order chi connectivity index (χ0) is 14.3. The van der Waals surface area contributed by atoms with E-state index in [0.717, 1.165) is 4.90 Å². The maximum absolute atomic E-state index is 11.5. The van der Waals surface area contributed by atoms with E-state index in [0.29, 0.717) is 0 Å². The molecule has 7 nitrogen and oxygen atoms in total. The highest BCUT2D eigenvalue weighted by molar-refractivity contribution is 8.00. The average molecular weight is 286 g/mol. The molecule has 3 N–H and O–H groups in total. The fourth-order valence-corrected chi connectivity index (χ4v) is 1.94. The van der Waals surface area contributed by atoms with Gasteiger partial charge in [-0.05, 0) is 12.1 Å². The van der Waals surface area contributed by atoms with Crippen LogP contribution in [-0.2, 0) is 4.79 Å². The normalized spacial score (nSPS) is 10.5. The van der Waals surface area contributed by atoms with Gasteiger partial charge in [-0.1, -0.05) is 0 Å². The summed E-state index contributed by atoms with van der Waals surface area (Å²) in [4.78, 5) is 22.1. The summed E-state index contributed by atoms with van der Waals surface area (Å²) in [5.74, 6) is -0.217. The van der Waals surface area contributed by atoms with Crippen LogP contribution in [0.5, 0.6) is 0 Å². The number of hydrogen-bond acceptors (Lipinski definition) is 6. The lowest BCUT2D eigenvalue weighted by atomic mass is 10.3. The summed E-state index contributed by atoms with van der Waals surface area (Å²) in [6.45, 7) is -0.658. The number of non-ortho nitro benzene ring substituents is 1. The first-order valence-corrected chi connectivity index (χ1v) is 6.43. The number of hydrogen-bond donors (Lipinski definition) is 3. The monoisotopic (exact) mass is 286 g/mol. The Balaban J connectivity index is 2.43. The Hall–Kier alpha value is -1.64. The van der Waals surface area contributed by atoms with Gasteiger partial charge in [0.25, 0.3) is 5.69 Å². The van der Waals surface area contributed by atoms with Gasteiger partial charge in [-0.3, -0.25) is 14.9 Å². The second-order valence-electron chi connectivity index (χ2n) is 3.67. The van der Waals surface area contributed by atoms with E-state index >= 15 is 0 Å². The third kappa shape index (κ3) is 5.25. The summed E-state index contributed by atoms with van der Waals surface area (Å²) in [5.41, 5.74) is -0.00516. The van der Waals surface area contributed by atoms with E-state index in [9.17, 15) is 14.9 Å². The number of nitro benzene ring substituents is 1. The van der Waals surface area contributed by atoms with Gasteiger partial charge >= 0.3 is 0 Å². The molecule has 0 fully saturated rings. The lowest BCUT2D eigenvalue weighted by molar-refractivity contribution is -0.384. The highest BCUT2D eigenvalue weighted by atomic mass is 32.2. The largest absolute Gasteiger partial charge is 0.394 e.